The molecule has 0 saturated carbocycles. The van der Waals surface area contributed by atoms with E-state index < -0.39 is 11.9 Å². The number of piperazine rings is 1. The number of carbonyl (C=O) groups is 1. The van der Waals surface area contributed by atoms with Gasteiger partial charge in [0.15, 0.2) is 0 Å². The van der Waals surface area contributed by atoms with Gasteiger partial charge in [-0.2, -0.15) is 0 Å². The Bertz CT molecular complexity index is 477. The molecule has 0 spiro atoms. The molecule has 5 heteroatoms. The van der Waals surface area contributed by atoms with E-state index in [0.29, 0.717) is 30.8 Å². The zero-order valence-corrected chi connectivity index (χ0v) is 11.2. The second kappa shape index (κ2) is 5.57. The van der Waals surface area contributed by atoms with Crippen LogP contribution in [0.5, 0.6) is 0 Å². The third-order valence-corrected chi connectivity index (χ3v) is 3.47. The highest BCUT2D eigenvalue weighted by Gasteiger charge is 2.31. The number of hydrogen-bond acceptors (Lipinski definition) is 3. The van der Waals surface area contributed by atoms with Crippen LogP contribution in [0.4, 0.5) is 10.1 Å². The molecule has 1 fully saturated rings. The van der Waals surface area contributed by atoms with Crippen LogP contribution < -0.4 is 10.2 Å². The minimum Gasteiger partial charge on any atom is -0.389 e. The summed E-state index contributed by atoms with van der Waals surface area (Å²) in [5.41, 5.74) is 0.868. The van der Waals surface area contributed by atoms with Crippen LogP contribution >= 0.6 is 0 Å². The number of benzene rings is 1. The molecule has 1 heterocycles. The van der Waals surface area contributed by atoms with Crippen molar-refractivity contribution in [2.75, 3.05) is 18.0 Å². The highest BCUT2D eigenvalue weighted by atomic mass is 19.1. The number of carbonyl (C=O) groups excluding carboxylic acids is 1. The van der Waals surface area contributed by atoms with Gasteiger partial charge in [0.2, 0.25) is 5.91 Å². The molecule has 104 valence electrons. The minimum absolute atomic E-state index is 0.0893. The molecule has 1 amide bonds. The van der Waals surface area contributed by atoms with E-state index in [4.69, 9.17) is 0 Å². The lowest BCUT2D eigenvalue weighted by molar-refractivity contribution is -0.123. The van der Waals surface area contributed by atoms with Crippen molar-refractivity contribution < 1.29 is 14.3 Å². The molecule has 0 radical (unpaired) electrons. The van der Waals surface area contributed by atoms with Gasteiger partial charge in [-0.3, -0.25) is 4.79 Å². The maximum atomic E-state index is 14.1. The lowest BCUT2D eigenvalue weighted by Crippen LogP contribution is -2.55. The fraction of sp³-hybridized carbons (Fsp3) is 0.500. The summed E-state index contributed by atoms with van der Waals surface area (Å²) in [5.74, 6) is -0.486. The predicted octanol–water partition coefficient (Wildman–Crippen LogP) is 1.59. The van der Waals surface area contributed by atoms with Crippen molar-refractivity contribution in [3.05, 3.63) is 29.6 Å². The first-order chi connectivity index (χ1) is 9.06. The summed E-state index contributed by atoms with van der Waals surface area (Å²) >= 11 is 0. The van der Waals surface area contributed by atoms with E-state index >= 15 is 0 Å². The van der Waals surface area contributed by atoms with Gasteiger partial charge in [0.1, 0.15) is 11.9 Å². The van der Waals surface area contributed by atoms with Gasteiger partial charge in [0.25, 0.3) is 0 Å². The van der Waals surface area contributed by atoms with Crippen molar-refractivity contribution in [3.8, 4) is 0 Å². The molecule has 1 aromatic carbocycles. The van der Waals surface area contributed by atoms with E-state index in [1.807, 2.05) is 6.92 Å². The van der Waals surface area contributed by atoms with Crippen molar-refractivity contribution >= 4 is 11.6 Å². The molecule has 1 saturated heterocycles. The summed E-state index contributed by atoms with van der Waals surface area (Å²) in [6.07, 6.45) is -0.174. The molecule has 4 nitrogen and oxygen atoms in total. The second-order valence-corrected chi connectivity index (χ2v) is 4.76. The minimum atomic E-state index is -0.770. The highest BCUT2D eigenvalue weighted by molar-refractivity contribution is 5.86. The van der Waals surface area contributed by atoms with E-state index in [1.54, 1.807) is 24.0 Å². The Balaban J connectivity index is 2.47. The van der Waals surface area contributed by atoms with Crippen LogP contribution in [-0.2, 0) is 4.79 Å². The molecular formula is C14H19FN2O2. The number of halogens is 1. The molecular weight excluding hydrogens is 247 g/mol. The Morgan fingerprint density at radius 2 is 2.32 bits per heavy atom. The van der Waals surface area contributed by atoms with Gasteiger partial charge in [-0.05, 0) is 19.4 Å². The third kappa shape index (κ3) is 2.56. The Kier molecular flexibility index (Phi) is 4.04. The number of para-hydroxylation sites is 1. The molecule has 2 rings (SSSR count). The molecule has 2 N–H and O–H groups in total. The third-order valence-electron chi connectivity index (χ3n) is 3.47. The Labute approximate surface area is 112 Å². The molecule has 19 heavy (non-hydrogen) atoms. The predicted molar refractivity (Wildman–Crippen MR) is 71.5 cm³/mol. The second-order valence-electron chi connectivity index (χ2n) is 4.76. The zero-order valence-electron chi connectivity index (χ0n) is 11.2. The lowest BCUT2D eigenvalue weighted by Gasteiger charge is -2.37. The van der Waals surface area contributed by atoms with Crippen LogP contribution in [0.2, 0.25) is 0 Å². The molecule has 1 aromatic rings. The van der Waals surface area contributed by atoms with Crippen molar-refractivity contribution in [2.45, 2.75) is 32.4 Å². The van der Waals surface area contributed by atoms with Gasteiger partial charge in [0, 0.05) is 18.7 Å². The van der Waals surface area contributed by atoms with Gasteiger partial charge < -0.3 is 15.3 Å². The summed E-state index contributed by atoms with van der Waals surface area (Å²) in [6.45, 7) is 4.53. The first kappa shape index (κ1) is 13.8. The zero-order chi connectivity index (χ0) is 14.0. The number of nitrogens with zero attached hydrogens (tertiary/aromatic N) is 1. The van der Waals surface area contributed by atoms with E-state index in [9.17, 15) is 14.3 Å². The van der Waals surface area contributed by atoms with Gasteiger partial charge in [0.05, 0.1) is 11.8 Å². The standard InChI is InChI=1S/C14H19FN2O2/c1-3-12-14(19)16-7-8-17(12)13-10(9(2)18)5-4-6-11(13)15/h4-6,9,12,18H,3,7-8H2,1-2H3,(H,16,19)/t9-,12?/m0/s1. The number of rotatable bonds is 3. The number of aliphatic hydroxyl groups is 1. The number of amides is 1. The van der Waals surface area contributed by atoms with E-state index in [0.717, 1.165) is 0 Å². The van der Waals surface area contributed by atoms with Crippen molar-refractivity contribution in [2.24, 2.45) is 0 Å². The van der Waals surface area contributed by atoms with Crippen LogP contribution in [-0.4, -0.2) is 30.1 Å². The van der Waals surface area contributed by atoms with Gasteiger partial charge in [-0.25, -0.2) is 4.39 Å². The molecule has 2 atom stereocenters. The Morgan fingerprint density at radius 1 is 1.58 bits per heavy atom. The van der Waals surface area contributed by atoms with Crippen LogP contribution in [0, 0.1) is 5.82 Å². The summed E-state index contributed by atoms with van der Waals surface area (Å²) in [5, 5.41) is 12.6. The first-order valence-corrected chi connectivity index (χ1v) is 6.57. The Hall–Kier alpha value is -1.62. The maximum absolute atomic E-state index is 14.1. The fourth-order valence-electron chi connectivity index (χ4n) is 2.56. The SMILES string of the molecule is CCC1C(=O)NCCN1c1c(F)cccc1[C@H](C)O. The van der Waals surface area contributed by atoms with Gasteiger partial charge in [-0.1, -0.05) is 19.1 Å². The number of hydrogen-bond donors (Lipinski definition) is 2. The van der Waals surface area contributed by atoms with E-state index in [1.165, 1.54) is 6.07 Å². The lowest BCUT2D eigenvalue weighted by atomic mass is 10.0. The van der Waals surface area contributed by atoms with Crippen LogP contribution in [0.15, 0.2) is 18.2 Å². The van der Waals surface area contributed by atoms with Gasteiger partial charge >= 0.3 is 0 Å². The number of anilines is 1. The van der Waals surface area contributed by atoms with E-state index in [2.05, 4.69) is 5.32 Å². The topological polar surface area (TPSA) is 52.6 Å². The van der Waals surface area contributed by atoms with E-state index in [-0.39, 0.29) is 11.9 Å². The average molecular weight is 266 g/mol. The maximum Gasteiger partial charge on any atom is 0.242 e. The highest BCUT2D eigenvalue weighted by Crippen LogP contribution is 2.31. The fourth-order valence-corrected chi connectivity index (χ4v) is 2.56. The molecule has 0 aromatic heterocycles. The average Bonchev–Trinajstić information content (AvgIpc) is 2.38. The molecule has 0 aliphatic carbocycles. The van der Waals surface area contributed by atoms with Crippen molar-refractivity contribution in [3.63, 3.8) is 0 Å². The normalized spacial score (nSPS) is 21.2. The number of nitrogens with one attached hydrogen (secondary N) is 1. The van der Waals surface area contributed by atoms with Crippen molar-refractivity contribution in [1.29, 1.82) is 0 Å². The van der Waals surface area contributed by atoms with Crippen LogP contribution in [0.1, 0.15) is 31.9 Å². The summed E-state index contributed by atoms with van der Waals surface area (Å²) < 4.78 is 14.1. The van der Waals surface area contributed by atoms with Crippen LogP contribution in [0.3, 0.4) is 0 Å². The molecule has 1 aliphatic heterocycles. The molecule has 0 bridgehead atoms. The summed E-state index contributed by atoms with van der Waals surface area (Å²) in [7, 11) is 0. The largest absolute Gasteiger partial charge is 0.389 e. The quantitative estimate of drug-likeness (QED) is 0.873. The summed E-state index contributed by atoms with van der Waals surface area (Å²) in [6, 6.07) is 4.25. The van der Waals surface area contributed by atoms with Crippen LogP contribution in [0.25, 0.3) is 0 Å². The summed E-state index contributed by atoms with van der Waals surface area (Å²) in [4.78, 5) is 13.6. The van der Waals surface area contributed by atoms with Crippen molar-refractivity contribution in [1.82, 2.24) is 5.32 Å². The monoisotopic (exact) mass is 266 g/mol. The molecule has 1 unspecified atom stereocenters. The van der Waals surface area contributed by atoms with Gasteiger partial charge in [-0.15, -0.1) is 0 Å². The Morgan fingerprint density at radius 3 is 2.95 bits per heavy atom. The first-order valence-electron chi connectivity index (χ1n) is 6.57. The number of aliphatic hydroxyl groups excluding tert-OH is 1. The molecule has 1 aliphatic rings. The smallest absolute Gasteiger partial charge is 0.242 e.